The summed E-state index contributed by atoms with van der Waals surface area (Å²) >= 11 is 0. The minimum atomic E-state index is -1.70. The van der Waals surface area contributed by atoms with E-state index in [4.69, 9.17) is 16.1 Å². The largest absolute Gasteiger partial charge is 0.396 e. The first-order chi connectivity index (χ1) is 11.4. The maximum atomic E-state index is 9.53. The van der Waals surface area contributed by atoms with E-state index in [2.05, 4.69) is 27.7 Å². The number of rotatable bonds is 8. The molecule has 0 amide bonds. The fourth-order valence-corrected chi connectivity index (χ4v) is 5.28. The first kappa shape index (κ1) is 23.1. The Balaban J connectivity index is 0.00000312. The van der Waals surface area contributed by atoms with Gasteiger partial charge in [0.2, 0.25) is 0 Å². The second kappa shape index (κ2) is 13.1. The summed E-state index contributed by atoms with van der Waals surface area (Å²) in [6.07, 6.45) is 1.92. The predicted octanol–water partition coefficient (Wildman–Crippen LogP) is 3.65. The molecule has 0 aliphatic heterocycles. The quantitative estimate of drug-likeness (QED) is 0.398. The normalized spacial score (nSPS) is 44.7. The Hall–Kier alpha value is 2.86. The van der Waals surface area contributed by atoms with Crippen molar-refractivity contribution in [1.29, 1.82) is 2.56 Å². The molecule has 137 valence electrons. The van der Waals surface area contributed by atoms with Gasteiger partial charge >= 0.3 is 0 Å². The molecule has 10 atom stereocenters. The summed E-state index contributed by atoms with van der Waals surface area (Å²) in [7, 11) is -1.96. The molecule has 24 heavy (non-hydrogen) atoms. The van der Waals surface area contributed by atoms with Crippen LogP contribution in [-0.2, 0) is 46.3 Å². The van der Waals surface area contributed by atoms with Gasteiger partial charge in [-0.3, -0.25) is 0 Å². The van der Waals surface area contributed by atoms with Crippen molar-refractivity contribution in [2.45, 2.75) is 52.7 Å². The van der Waals surface area contributed by atoms with E-state index in [0.29, 0.717) is 30.3 Å². The number of hydrogen-bond acceptors (Lipinski definition) is 4. The fraction of sp³-hybridized carbons (Fsp3) is 1.00. The Bertz CT molecular complexity index is 405. The van der Waals surface area contributed by atoms with E-state index < -0.39 is 8.98 Å². The van der Waals surface area contributed by atoms with Gasteiger partial charge < -0.3 is 18.7 Å². The maximum Gasteiger partial charge on any atom is 0.155 e. The zero-order chi connectivity index (χ0) is 17.9. The van der Waals surface area contributed by atoms with Gasteiger partial charge in [0.25, 0.3) is 0 Å². The van der Waals surface area contributed by atoms with Crippen molar-refractivity contribution in [2.24, 2.45) is 35.5 Å². The molecule has 2 saturated carbocycles. The minimum Gasteiger partial charge on any atom is -0.396 e. The molecule has 8 heteroatoms. The van der Waals surface area contributed by atoms with Gasteiger partial charge in [0.1, 0.15) is 1.28 Å². The zero-order valence-electron chi connectivity index (χ0n) is 17.1. The van der Waals surface area contributed by atoms with Crippen LogP contribution in [0.15, 0.2) is 0 Å². The van der Waals surface area contributed by atoms with E-state index in [-0.39, 0.29) is 104 Å². The molecule has 2 aliphatic carbocycles. The average Bonchev–Trinajstić information content (AvgIpc) is 2.98. The Morgan fingerprint density at radius 2 is 1.71 bits per heavy atom. The summed E-state index contributed by atoms with van der Waals surface area (Å²) in [5.41, 5.74) is 0. The molecule has 0 aromatic carbocycles. The number of hydrogen-bond donors (Lipinski definition) is 1. The smallest absolute Gasteiger partial charge is 0.155 e. The van der Waals surface area contributed by atoms with Gasteiger partial charge in [-0.2, -0.15) is 0 Å². The van der Waals surface area contributed by atoms with E-state index in [1.54, 1.807) is 0 Å². The van der Waals surface area contributed by atoms with Gasteiger partial charge in [0.15, 0.2) is 8.98 Å². The number of aliphatic hydroxyl groups is 1. The average molecular weight is 681 g/mol. The molecule has 0 aromatic heterocycles. The summed E-state index contributed by atoms with van der Waals surface area (Å²) in [6, 6.07) is 0. The molecule has 1 radical (unpaired) electrons. The van der Waals surface area contributed by atoms with E-state index in [1.807, 2.05) is 0 Å². The molecule has 1 N–H and O–H groups in total. The molecular formula is C16H32O4P2UY. The molecule has 2 fully saturated rings. The van der Waals surface area contributed by atoms with Crippen LogP contribution < -0.4 is 0 Å². The third kappa shape index (κ3) is 6.73. The summed E-state index contributed by atoms with van der Waals surface area (Å²) in [4.78, 5) is 0. The van der Waals surface area contributed by atoms with Crippen LogP contribution in [0.1, 0.15) is 40.5 Å². The molecule has 0 aromatic rings. The fourth-order valence-electron chi connectivity index (χ4n) is 4.09. The summed E-state index contributed by atoms with van der Waals surface area (Å²) < 4.78 is 32.7. The van der Waals surface area contributed by atoms with Crippen molar-refractivity contribution in [1.82, 2.24) is 0 Å². The van der Waals surface area contributed by atoms with Crippen molar-refractivity contribution < 1.29 is 82.5 Å². The van der Waals surface area contributed by atoms with E-state index >= 15 is 0 Å². The van der Waals surface area contributed by atoms with Gasteiger partial charge in [-0.15, -0.1) is 0 Å². The molecule has 0 bridgehead atoms. The van der Waals surface area contributed by atoms with Gasteiger partial charge in [0, 0.05) is 91.7 Å². The van der Waals surface area contributed by atoms with Crippen LogP contribution in [0.25, 0.3) is 0 Å². The Labute approximate surface area is 203 Å². The monoisotopic (exact) mass is 681 g/mol. The van der Waals surface area contributed by atoms with Crippen molar-refractivity contribution in [3.63, 3.8) is 0 Å². The van der Waals surface area contributed by atoms with Gasteiger partial charge in [-0.1, -0.05) is 27.7 Å². The topological polar surface area (TPSA) is 47.9 Å². The first-order valence-corrected chi connectivity index (χ1v) is 9.54. The zero-order valence-corrected chi connectivity index (χ0v) is 24.0. The Morgan fingerprint density at radius 3 is 2.29 bits per heavy atom. The second-order valence-corrected chi connectivity index (χ2v) is 8.22. The van der Waals surface area contributed by atoms with Crippen LogP contribution in [0.3, 0.4) is 0 Å². The molecule has 10 unspecified atom stereocenters. The SMILES string of the molecule is [3H]POC1C(COP([3H])OC2C(CO)CC(C)C2C)CC(C)C1C.[U].[Y]. The second-order valence-electron chi connectivity index (χ2n) is 7.37. The first-order valence-electron chi connectivity index (χ1n) is 9.35. The molecule has 0 saturated heterocycles. The predicted molar refractivity (Wildman–Crippen MR) is 93.7 cm³/mol. The van der Waals surface area contributed by atoms with Crippen LogP contribution in [0.4, 0.5) is 0 Å². The molecule has 2 rings (SSSR count). The third-order valence-electron chi connectivity index (χ3n) is 5.99. The maximum absolute atomic E-state index is 9.53. The van der Waals surface area contributed by atoms with Crippen molar-refractivity contribution in [3.8, 4) is 0 Å². The minimum absolute atomic E-state index is 0. The number of aliphatic hydroxyl groups excluding tert-OH is 1. The van der Waals surface area contributed by atoms with Crippen LogP contribution in [0.5, 0.6) is 0 Å². The van der Waals surface area contributed by atoms with E-state index in [1.165, 1.54) is 0 Å². The van der Waals surface area contributed by atoms with Gasteiger partial charge in [-0.25, -0.2) is 0 Å². The molecule has 0 heterocycles. The van der Waals surface area contributed by atoms with Crippen LogP contribution in [-0.4, -0.2) is 33.1 Å². The molecule has 2 aliphatic rings. The summed E-state index contributed by atoms with van der Waals surface area (Å²) in [5, 5.41) is 9.53. The standard InChI is InChI=1S/C16H32O4P2.U.Y/c1-9-5-13(7-17)16(12(9)4)20-22-18-8-14-6-10(2)11(3)15(14)19-21;;/h9-17,22H,5-8,21H2,1-4H3;;/i21T,22T;;. The van der Waals surface area contributed by atoms with Crippen molar-refractivity contribution in [2.75, 3.05) is 13.2 Å². The van der Waals surface area contributed by atoms with Crippen molar-refractivity contribution >= 4 is 18.4 Å². The van der Waals surface area contributed by atoms with Gasteiger partial charge in [0.05, 0.1) is 20.1 Å². The van der Waals surface area contributed by atoms with E-state index in [0.717, 1.165) is 12.8 Å². The van der Waals surface area contributed by atoms with Crippen molar-refractivity contribution in [3.05, 3.63) is 0 Å². The molecular weight excluding hydrogens is 645 g/mol. The summed E-state index contributed by atoms with van der Waals surface area (Å²) in [5.74, 6) is 2.16. The molecule has 0 spiro atoms. The third-order valence-corrected chi connectivity index (χ3v) is 6.84. The van der Waals surface area contributed by atoms with Gasteiger partial charge in [-0.05, 0) is 36.5 Å². The van der Waals surface area contributed by atoms with E-state index in [9.17, 15) is 5.11 Å². The van der Waals surface area contributed by atoms with Crippen LogP contribution >= 0.6 is 18.4 Å². The summed E-state index contributed by atoms with van der Waals surface area (Å²) in [6.45, 7) is 9.26. The van der Waals surface area contributed by atoms with Crippen LogP contribution in [0, 0.1) is 66.6 Å². The Morgan fingerprint density at radius 1 is 1.12 bits per heavy atom. The Kier molecular flexibility index (Phi) is 12.7. The van der Waals surface area contributed by atoms with Crippen LogP contribution in [0.2, 0.25) is 0 Å². The molecule has 4 nitrogen and oxygen atoms in total.